The van der Waals surface area contributed by atoms with Crippen LogP contribution >= 0.6 is 0 Å². The highest BCUT2D eigenvalue weighted by molar-refractivity contribution is 5.89. The molecule has 1 aromatic rings. The Morgan fingerprint density at radius 3 is 2.69 bits per heavy atom. The van der Waals surface area contributed by atoms with Crippen molar-refractivity contribution in [3.05, 3.63) is 12.3 Å². The van der Waals surface area contributed by atoms with Gasteiger partial charge in [-0.3, -0.25) is 9.48 Å². The maximum Gasteiger partial charge on any atom is 0.226 e. The van der Waals surface area contributed by atoms with Crippen LogP contribution in [-0.2, 0) is 11.8 Å². The molecule has 0 aromatic carbocycles. The van der Waals surface area contributed by atoms with Crippen molar-refractivity contribution in [3.63, 3.8) is 0 Å². The number of hydrogen-bond donors (Lipinski definition) is 2. The molecule has 90 valence electrons. The van der Waals surface area contributed by atoms with Gasteiger partial charge in [-0.15, -0.1) is 0 Å². The van der Waals surface area contributed by atoms with E-state index in [0.29, 0.717) is 18.8 Å². The monoisotopic (exact) mass is 224 g/mol. The summed E-state index contributed by atoms with van der Waals surface area (Å²) in [7, 11) is 1.82. The lowest BCUT2D eigenvalue weighted by Crippen LogP contribution is -2.37. The van der Waals surface area contributed by atoms with Crippen LogP contribution in [0.4, 0.5) is 5.82 Å². The van der Waals surface area contributed by atoms with E-state index in [-0.39, 0.29) is 11.4 Å². The summed E-state index contributed by atoms with van der Waals surface area (Å²) in [6, 6.07) is 1.77. The molecule has 5 nitrogen and oxygen atoms in total. The van der Waals surface area contributed by atoms with Crippen molar-refractivity contribution in [3.8, 4) is 0 Å². The first-order valence-corrected chi connectivity index (χ1v) is 5.41. The van der Waals surface area contributed by atoms with E-state index in [2.05, 4.69) is 36.5 Å². The van der Waals surface area contributed by atoms with E-state index < -0.39 is 0 Å². The number of nitrogens with zero attached hydrogens (tertiary/aromatic N) is 2. The van der Waals surface area contributed by atoms with Gasteiger partial charge in [-0.1, -0.05) is 0 Å². The lowest BCUT2D eigenvalue weighted by atomic mass is 10.1. The van der Waals surface area contributed by atoms with Crippen LogP contribution in [0.2, 0.25) is 0 Å². The van der Waals surface area contributed by atoms with E-state index in [9.17, 15) is 4.79 Å². The van der Waals surface area contributed by atoms with Crippen molar-refractivity contribution in [2.75, 3.05) is 11.9 Å². The number of nitrogens with one attached hydrogen (secondary N) is 2. The molecule has 0 saturated heterocycles. The number of amides is 1. The van der Waals surface area contributed by atoms with Crippen molar-refractivity contribution in [2.24, 2.45) is 7.05 Å². The second-order valence-corrected chi connectivity index (χ2v) is 4.85. The van der Waals surface area contributed by atoms with Gasteiger partial charge in [0, 0.05) is 37.8 Å². The van der Waals surface area contributed by atoms with Gasteiger partial charge < -0.3 is 10.6 Å². The molecule has 1 heterocycles. The van der Waals surface area contributed by atoms with Crippen LogP contribution in [0.1, 0.15) is 27.2 Å². The Hall–Kier alpha value is -1.36. The number of carbonyl (C=O) groups excluding carboxylic acids is 1. The number of hydrogen-bond acceptors (Lipinski definition) is 3. The Labute approximate surface area is 96.2 Å². The van der Waals surface area contributed by atoms with Crippen LogP contribution in [-0.4, -0.2) is 27.8 Å². The zero-order valence-electron chi connectivity index (χ0n) is 10.4. The number of carbonyl (C=O) groups is 1. The summed E-state index contributed by atoms with van der Waals surface area (Å²) in [4.78, 5) is 11.5. The van der Waals surface area contributed by atoms with E-state index in [4.69, 9.17) is 0 Å². The fourth-order valence-corrected chi connectivity index (χ4v) is 1.24. The molecule has 1 rings (SSSR count). The maximum absolute atomic E-state index is 11.5. The maximum atomic E-state index is 11.5. The second kappa shape index (κ2) is 5.12. The summed E-state index contributed by atoms with van der Waals surface area (Å²) in [5.41, 5.74) is 0.0469. The van der Waals surface area contributed by atoms with Crippen LogP contribution in [0, 0.1) is 0 Å². The van der Waals surface area contributed by atoms with E-state index >= 15 is 0 Å². The van der Waals surface area contributed by atoms with E-state index in [1.54, 1.807) is 16.9 Å². The van der Waals surface area contributed by atoms with Crippen LogP contribution in [0.15, 0.2) is 12.3 Å². The summed E-state index contributed by atoms with van der Waals surface area (Å²) in [6.45, 7) is 6.89. The molecule has 5 heteroatoms. The van der Waals surface area contributed by atoms with Gasteiger partial charge >= 0.3 is 0 Å². The van der Waals surface area contributed by atoms with Gasteiger partial charge in [0.2, 0.25) is 5.91 Å². The quantitative estimate of drug-likeness (QED) is 0.806. The molecule has 0 bridgehead atoms. The molecule has 0 aliphatic rings. The minimum absolute atomic E-state index is 0.0181. The van der Waals surface area contributed by atoms with Gasteiger partial charge in [0.1, 0.15) is 0 Å². The number of aryl methyl sites for hydroxylation is 1. The predicted molar refractivity (Wildman–Crippen MR) is 64.2 cm³/mol. The fourth-order valence-electron chi connectivity index (χ4n) is 1.24. The molecule has 0 unspecified atom stereocenters. The van der Waals surface area contributed by atoms with Crippen LogP contribution in [0.3, 0.4) is 0 Å². The van der Waals surface area contributed by atoms with Crippen molar-refractivity contribution in [1.82, 2.24) is 15.1 Å². The lowest BCUT2D eigenvalue weighted by molar-refractivity contribution is -0.116. The first kappa shape index (κ1) is 12.7. The molecule has 1 amide bonds. The minimum Gasteiger partial charge on any atom is -0.312 e. The summed E-state index contributed by atoms with van der Waals surface area (Å²) >= 11 is 0. The molecule has 2 N–H and O–H groups in total. The van der Waals surface area contributed by atoms with Crippen molar-refractivity contribution >= 4 is 11.7 Å². The molecule has 0 radical (unpaired) electrons. The van der Waals surface area contributed by atoms with Crippen molar-refractivity contribution in [1.29, 1.82) is 0 Å². The molecule has 0 fully saturated rings. The number of anilines is 1. The highest BCUT2D eigenvalue weighted by Gasteiger charge is 2.10. The Morgan fingerprint density at radius 1 is 1.50 bits per heavy atom. The van der Waals surface area contributed by atoms with Gasteiger partial charge in [-0.05, 0) is 20.8 Å². The van der Waals surface area contributed by atoms with Gasteiger partial charge in [0.05, 0.1) is 0 Å². The molecular weight excluding hydrogens is 204 g/mol. The fraction of sp³-hybridized carbons (Fsp3) is 0.636. The third-order valence-electron chi connectivity index (χ3n) is 1.99. The topological polar surface area (TPSA) is 59.0 Å². The Kier molecular flexibility index (Phi) is 4.06. The Balaban J connectivity index is 2.26. The summed E-state index contributed by atoms with van der Waals surface area (Å²) in [6.07, 6.45) is 2.25. The third-order valence-corrected chi connectivity index (χ3v) is 1.99. The smallest absolute Gasteiger partial charge is 0.226 e. The molecule has 0 aliphatic heterocycles. The van der Waals surface area contributed by atoms with Gasteiger partial charge in [-0.2, -0.15) is 5.10 Å². The molecule has 0 spiro atoms. The SMILES string of the molecule is Cn1ccc(NC(=O)CCNC(C)(C)C)n1. The molecule has 16 heavy (non-hydrogen) atoms. The molecule has 0 aliphatic carbocycles. The average Bonchev–Trinajstić information content (AvgIpc) is 2.48. The van der Waals surface area contributed by atoms with Gasteiger partial charge in [0.15, 0.2) is 5.82 Å². The van der Waals surface area contributed by atoms with Gasteiger partial charge in [-0.25, -0.2) is 0 Å². The van der Waals surface area contributed by atoms with Crippen LogP contribution < -0.4 is 10.6 Å². The predicted octanol–water partition coefficient (Wildman–Crippen LogP) is 1.14. The van der Waals surface area contributed by atoms with E-state index in [0.717, 1.165) is 0 Å². The Morgan fingerprint density at radius 2 is 2.19 bits per heavy atom. The zero-order valence-corrected chi connectivity index (χ0v) is 10.4. The minimum atomic E-state index is -0.0181. The zero-order chi connectivity index (χ0) is 12.2. The Bertz CT molecular complexity index is 351. The summed E-state index contributed by atoms with van der Waals surface area (Å²) in [5, 5.41) is 10.1. The molecule has 0 atom stereocenters. The second-order valence-electron chi connectivity index (χ2n) is 4.85. The normalized spacial score (nSPS) is 11.5. The van der Waals surface area contributed by atoms with E-state index in [1.165, 1.54) is 0 Å². The van der Waals surface area contributed by atoms with Gasteiger partial charge in [0.25, 0.3) is 0 Å². The number of aromatic nitrogens is 2. The summed E-state index contributed by atoms with van der Waals surface area (Å²) in [5.74, 6) is 0.582. The summed E-state index contributed by atoms with van der Waals surface area (Å²) < 4.78 is 1.66. The molecule has 1 aromatic heterocycles. The first-order chi connectivity index (χ1) is 7.37. The van der Waals surface area contributed by atoms with E-state index in [1.807, 2.05) is 7.05 Å². The standard InChI is InChI=1S/C11H20N4O/c1-11(2,3)12-7-5-10(16)13-9-6-8-15(4)14-9/h6,8,12H,5,7H2,1-4H3,(H,13,14,16). The highest BCUT2D eigenvalue weighted by Crippen LogP contribution is 2.02. The third kappa shape index (κ3) is 4.93. The first-order valence-electron chi connectivity index (χ1n) is 5.41. The average molecular weight is 224 g/mol. The highest BCUT2D eigenvalue weighted by atomic mass is 16.1. The number of rotatable bonds is 4. The van der Waals surface area contributed by atoms with Crippen LogP contribution in [0.25, 0.3) is 0 Å². The van der Waals surface area contributed by atoms with Crippen molar-refractivity contribution in [2.45, 2.75) is 32.7 Å². The van der Waals surface area contributed by atoms with Crippen molar-refractivity contribution < 1.29 is 4.79 Å². The largest absolute Gasteiger partial charge is 0.312 e. The molecular formula is C11H20N4O. The molecule has 0 saturated carbocycles. The lowest BCUT2D eigenvalue weighted by Gasteiger charge is -2.19. The van der Waals surface area contributed by atoms with Crippen LogP contribution in [0.5, 0.6) is 0 Å².